The monoisotopic (exact) mass is 358 g/mol. The van der Waals surface area contributed by atoms with Gasteiger partial charge in [0.25, 0.3) is 5.56 Å². The lowest BCUT2D eigenvalue weighted by atomic mass is 10.1. The second-order valence-corrected chi connectivity index (χ2v) is 6.08. The van der Waals surface area contributed by atoms with E-state index in [0.717, 1.165) is 5.56 Å². The van der Waals surface area contributed by atoms with Crippen LogP contribution in [-0.2, 0) is 0 Å². The molecule has 1 heterocycles. The van der Waals surface area contributed by atoms with Crippen LogP contribution in [0, 0.1) is 18.3 Å². The molecule has 6 nitrogen and oxygen atoms in total. The lowest BCUT2D eigenvalue weighted by molar-refractivity contribution is 0.393. The van der Waals surface area contributed by atoms with Gasteiger partial charge in [-0.05, 0) is 31.5 Å². The molecule has 0 aliphatic carbocycles. The van der Waals surface area contributed by atoms with Crippen molar-refractivity contribution in [2.24, 2.45) is 10.2 Å². The van der Waals surface area contributed by atoms with Gasteiger partial charge in [-0.3, -0.25) is 9.36 Å². The summed E-state index contributed by atoms with van der Waals surface area (Å²) in [4.78, 5) is 13.1. The minimum absolute atomic E-state index is 0.0133. The Morgan fingerprint density at radius 2 is 1.63 bits per heavy atom. The number of hydrogen-bond donors (Lipinski definition) is 1. The van der Waals surface area contributed by atoms with E-state index in [1.807, 2.05) is 54.6 Å². The first-order valence-corrected chi connectivity index (χ1v) is 8.44. The van der Waals surface area contributed by atoms with Crippen LogP contribution in [0.1, 0.15) is 29.7 Å². The summed E-state index contributed by atoms with van der Waals surface area (Å²) in [6, 6.07) is 19.8. The summed E-state index contributed by atoms with van der Waals surface area (Å²) in [5, 5.41) is 28.2. The Hall–Kier alpha value is -3.72. The fraction of sp³-hybridized carbons (Fsp3) is 0.143. The fourth-order valence-electron chi connectivity index (χ4n) is 2.87. The molecule has 0 amide bonds. The molecule has 0 radical (unpaired) electrons. The van der Waals surface area contributed by atoms with Crippen LogP contribution in [0.4, 0.5) is 11.4 Å². The van der Waals surface area contributed by atoms with Crippen molar-refractivity contribution >= 4 is 11.4 Å². The number of azo groups is 1. The summed E-state index contributed by atoms with van der Waals surface area (Å²) in [6.45, 7) is 3.36. The van der Waals surface area contributed by atoms with E-state index in [1.54, 1.807) is 26.0 Å². The normalized spacial score (nSPS) is 12.0. The number of pyridine rings is 1. The van der Waals surface area contributed by atoms with Crippen LogP contribution >= 0.6 is 0 Å². The van der Waals surface area contributed by atoms with Crippen LogP contribution in [0.3, 0.4) is 0 Å². The molecular weight excluding hydrogens is 340 g/mol. The molecule has 27 heavy (non-hydrogen) atoms. The van der Waals surface area contributed by atoms with E-state index in [1.165, 1.54) is 4.57 Å². The molecule has 1 N–H and O–H groups in total. The number of nitriles is 1. The molecule has 0 fully saturated rings. The zero-order valence-electron chi connectivity index (χ0n) is 15.0. The number of aromatic nitrogens is 1. The van der Waals surface area contributed by atoms with Gasteiger partial charge in [0.05, 0.1) is 11.7 Å². The summed E-state index contributed by atoms with van der Waals surface area (Å²) in [5.74, 6) is -0.366. The highest BCUT2D eigenvalue weighted by Gasteiger charge is 2.23. The summed E-state index contributed by atoms with van der Waals surface area (Å²) < 4.78 is 1.18. The van der Waals surface area contributed by atoms with E-state index < -0.39 is 11.6 Å². The first-order valence-electron chi connectivity index (χ1n) is 8.44. The zero-order chi connectivity index (χ0) is 19.4. The zero-order valence-corrected chi connectivity index (χ0v) is 15.0. The van der Waals surface area contributed by atoms with Crippen LogP contribution in [0.5, 0.6) is 5.88 Å². The van der Waals surface area contributed by atoms with E-state index in [4.69, 9.17) is 0 Å². The van der Waals surface area contributed by atoms with Gasteiger partial charge in [-0.1, -0.05) is 48.5 Å². The molecule has 3 rings (SSSR count). The molecule has 0 saturated heterocycles. The van der Waals surface area contributed by atoms with Gasteiger partial charge in [0.15, 0.2) is 5.69 Å². The summed E-state index contributed by atoms with van der Waals surface area (Å²) in [5.41, 5.74) is 1.27. The van der Waals surface area contributed by atoms with Crippen LogP contribution < -0.4 is 5.56 Å². The van der Waals surface area contributed by atoms with Crippen molar-refractivity contribution in [1.29, 1.82) is 5.26 Å². The van der Waals surface area contributed by atoms with E-state index in [0.29, 0.717) is 11.3 Å². The predicted octanol–water partition coefficient (Wildman–Crippen LogP) is 4.76. The summed E-state index contributed by atoms with van der Waals surface area (Å²) >= 11 is 0. The molecule has 0 spiro atoms. The average molecular weight is 358 g/mol. The molecule has 3 aromatic rings. The van der Waals surface area contributed by atoms with Gasteiger partial charge < -0.3 is 5.11 Å². The van der Waals surface area contributed by atoms with Crippen molar-refractivity contribution < 1.29 is 5.11 Å². The molecule has 2 aromatic carbocycles. The number of rotatable bonds is 4. The Balaban J connectivity index is 2.19. The Bertz CT molecular complexity index is 1080. The molecule has 0 aliphatic heterocycles. The second-order valence-electron chi connectivity index (χ2n) is 6.08. The van der Waals surface area contributed by atoms with Crippen molar-refractivity contribution in [3.63, 3.8) is 0 Å². The minimum atomic E-state index is -0.500. The average Bonchev–Trinajstić information content (AvgIpc) is 2.69. The highest BCUT2D eigenvalue weighted by Crippen LogP contribution is 2.30. The smallest absolute Gasteiger partial charge is 0.282 e. The Kier molecular flexibility index (Phi) is 5.13. The van der Waals surface area contributed by atoms with Crippen molar-refractivity contribution in [3.8, 4) is 11.9 Å². The SMILES string of the molecule is Cc1c(C#N)c(O)n(C(C)c2ccccc2)c(=O)c1N=Nc1ccccc1. The van der Waals surface area contributed by atoms with E-state index in [-0.39, 0.29) is 17.1 Å². The molecule has 1 aromatic heterocycles. The van der Waals surface area contributed by atoms with Crippen molar-refractivity contribution in [2.45, 2.75) is 19.9 Å². The lowest BCUT2D eigenvalue weighted by Gasteiger charge is -2.19. The Morgan fingerprint density at radius 3 is 2.22 bits per heavy atom. The van der Waals surface area contributed by atoms with E-state index >= 15 is 0 Å². The number of benzene rings is 2. The highest BCUT2D eigenvalue weighted by molar-refractivity contribution is 5.57. The molecule has 134 valence electrons. The largest absolute Gasteiger partial charge is 0.493 e. The number of aromatic hydroxyl groups is 1. The van der Waals surface area contributed by atoms with Gasteiger partial charge in [0.1, 0.15) is 11.6 Å². The van der Waals surface area contributed by atoms with Crippen LogP contribution in [0.25, 0.3) is 0 Å². The molecule has 6 heteroatoms. The lowest BCUT2D eigenvalue weighted by Crippen LogP contribution is -2.25. The molecule has 1 unspecified atom stereocenters. The van der Waals surface area contributed by atoms with Crippen LogP contribution in [-0.4, -0.2) is 9.67 Å². The quantitative estimate of drug-likeness (QED) is 0.682. The summed E-state index contributed by atoms with van der Waals surface area (Å²) in [7, 11) is 0. The van der Waals surface area contributed by atoms with Gasteiger partial charge in [-0.2, -0.15) is 10.4 Å². The van der Waals surface area contributed by atoms with Gasteiger partial charge in [-0.15, -0.1) is 5.11 Å². The molecule has 0 bridgehead atoms. The van der Waals surface area contributed by atoms with Crippen molar-refractivity contribution in [1.82, 2.24) is 4.57 Å². The van der Waals surface area contributed by atoms with Crippen LogP contribution in [0.15, 0.2) is 75.7 Å². The fourth-order valence-corrected chi connectivity index (χ4v) is 2.87. The minimum Gasteiger partial charge on any atom is -0.493 e. The first kappa shape index (κ1) is 18.1. The van der Waals surface area contributed by atoms with Gasteiger partial charge in [0, 0.05) is 5.56 Å². The maximum atomic E-state index is 13.1. The maximum Gasteiger partial charge on any atom is 0.282 e. The van der Waals surface area contributed by atoms with Gasteiger partial charge in [0.2, 0.25) is 5.88 Å². The molecular formula is C21H18N4O2. The highest BCUT2D eigenvalue weighted by atomic mass is 16.3. The number of nitrogens with zero attached hydrogens (tertiary/aromatic N) is 4. The third-order valence-electron chi connectivity index (χ3n) is 4.41. The Morgan fingerprint density at radius 1 is 1.04 bits per heavy atom. The first-order chi connectivity index (χ1) is 13.0. The molecule has 1 atom stereocenters. The third-order valence-corrected chi connectivity index (χ3v) is 4.41. The third kappa shape index (κ3) is 3.48. The topological polar surface area (TPSA) is 90.7 Å². The molecule has 0 aliphatic rings. The summed E-state index contributed by atoms with van der Waals surface area (Å²) in [6.07, 6.45) is 0. The number of hydrogen-bond acceptors (Lipinski definition) is 5. The van der Waals surface area contributed by atoms with Gasteiger partial charge in [-0.25, -0.2) is 0 Å². The van der Waals surface area contributed by atoms with E-state index in [2.05, 4.69) is 10.2 Å². The van der Waals surface area contributed by atoms with Gasteiger partial charge >= 0.3 is 0 Å². The standard InChI is InChI=1S/C21H18N4O2/c1-14-18(13-22)20(26)25(15(2)16-9-5-3-6-10-16)21(27)19(14)24-23-17-11-7-4-8-12-17/h3-12,15,26H,1-2H3. The van der Waals surface area contributed by atoms with E-state index in [9.17, 15) is 15.2 Å². The second kappa shape index (κ2) is 7.67. The van der Waals surface area contributed by atoms with Crippen molar-refractivity contribution in [3.05, 3.63) is 87.7 Å². The maximum absolute atomic E-state index is 13.1. The predicted molar refractivity (Wildman–Crippen MR) is 103 cm³/mol. The molecule has 0 saturated carbocycles. The van der Waals surface area contributed by atoms with Crippen LogP contribution in [0.2, 0.25) is 0 Å². The van der Waals surface area contributed by atoms with Crippen molar-refractivity contribution in [2.75, 3.05) is 0 Å². The Labute approximate surface area is 156 Å².